The molecule has 0 radical (unpaired) electrons. The van der Waals surface area contributed by atoms with Crippen LogP contribution in [0.25, 0.3) is 5.69 Å². The Bertz CT molecular complexity index is 2040. The Morgan fingerprint density at radius 3 is 2.14 bits per heavy atom. The summed E-state index contributed by atoms with van der Waals surface area (Å²) in [7, 11) is 0. The number of aromatic nitrogens is 5. The maximum Gasteiger partial charge on any atom is 0.335 e. The molecule has 0 saturated heterocycles. The van der Waals surface area contributed by atoms with Crippen molar-refractivity contribution in [2.45, 2.75) is 20.3 Å². The lowest BCUT2D eigenvalue weighted by atomic mass is 9.74. The third kappa shape index (κ3) is 9.36. The molecule has 0 aliphatic carbocycles. The van der Waals surface area contributed by atoms with Gasteiger partial charge in [0, 0.05) is 46.8 Å². The zero-order chi connectivity index (χ0) is 36.5. The number of nitrogens with zero attached hydrogens (tertiary/aromatic N) is 5. The second kappa shape index (κ2) is 15.8. The Kier molecular flexibility index (Phi) is 11.1. The summed E-state index contributed by atoms with van der Waals surface area (Å²) in [6.45, 7) is 3.48. The normalized spacial score (nSPS) is 11.6. The van der Waals surface area contributed by atoms with Gasteiger partial charge in [0.15, 0.2) is 0 Å². The van der Waals surface area contributed by atoms with Crippen molar-refractivity contribution in [1.29, 1.82) is 0 Å². The van der Waals surface area contributed by atoms with Crippen molar-refractivity contribution in [2.24, 2.45) is 11.3 Å². The number of carboxylic acids is 1. The van der Waals surface area contributed by atoms with Gasteiger partial charge in [-0.15, -0.1) is 5.10 Å². The van der Waals surface area contributed by atoms with Gasteiger partial charge in [-0.2, -0.15) is 4.68 Å². The van der Waals surface area contributed by atoms with Crippen LogP contribution in [0.1, 0.15) is 40.1 Å². The number of hydrogen-bond acceptors (Lipinski definition) is 9. The number of hydrogen-bond donors (Lipinski definition) is 5. The number of anilines is 3. The standard InChI is InChI=1S/C35H32ClN9O6/c1-35(2,19-38-32(48)33(49)42-28-18-24(36)7-12-29(28)45-20-39-43-44-45)27(31(47)41-26-10-5-23(6-11-26)34(50)51)17-21-3-8-25(9-4-21)40-30(46)22-13-15-37-16-14-22/h3-16,18,20,27H,17,19H2,1-2H3,(H,38,48)(H,40,46)(H,41,47)(H,42,49)(H,50,51)/t27-/m1/s1. The summed E-state index contributed by atoms with van der Waals surface area (Å²) in [6.07, 6.45) is 4.58. The van der Waals surface area contributed by atoms with Crippen molar-refractivity contribution < 1.29 is 29.1 Å². The second-order valence-corrected chi connectivity index (χ2v) is 12.5. The van der Waals surface area contributed by atoms with Crippen LogP contribution in [0.5, 0.6) is 0 Å². The van der Waals surface area contributed by atoms with E-state index in [9.17, 15) is 29.1 Å². The first-order valence-electron chi connectivity index (χ1n) is 15.5. The number of amides is 4. The summed E-state index contributed by atoms with van der Waals surface area (Å²) >= 11 is 6.13. The van der Waals surface area contributed by atoms with Crippen molar-refractivity contribution in [3.05, 3.63) is 119 Å². The van der Waals surface area contributed by atoms with E-state index in [2.05, 4.69) is 41.8 Å². The van der Waals surface area contributed by atoms with Gasteiger partial charge in [0.2, 0.25) is 5.91 Å². The first kappa shape index (κ1) is 35.8. The molecule has 3 aromatic carbocycles. The molecule has 0 aliphatic rings. The number of carbonyl (C=O) groups is 5. The van der Waals surface area contributed by atoms with Gasteiger partial charge < -0.3 is 26.4 Å². The van der Waals surface area contributed by atoms with Gasteiger partial charge in [0.1, 0.15) is 6.33 Å². The van der Waals surface area contributed by atoms with Crippen molar-refractivity contribution in [3.8, 4) is 5.69 Å². The summed E-state index contributed by atoms with van der Waals surface area (Å²) < 4.78 is 1.30. The zero-order valence-corrected chi connectivity index (χ0v) is 28.1. The first-order valence-corrected chi connectivity index (χ1v) is 15.8. The molecule has 0 spiro atoms. The molecule has 0 aliphatic heterocycles. The largest absolute Gasteiger partial charge is 0.478 e. The number of pyridine rings is 1. The molecule has 0 bridgehead atoms. The van der Waals surface area contributed by atoms with Crippen LogP contribution in [-0.4, -0.2) is 66.4 Å². The number of benzene rings is 3. The maximum absolute atomic E-state index is 13.8. The Morgan fingerprint density at radius 1 is 0.824 bits per heavy atom. The molecular weight excluding hydrogens is 678 g/mol. The minimum Gasteiger partial charge on any atom is -0.478 e. The average Bonchev–Trinajstić information content (AvgIpc) is 3.66. The minimum absolute atomic E-state index is 0.0600. The Balaban J connectivity index is 1.30. The van der Waals surface area contributed by atoms with E-state index in [0.29, 0.717) is 27.6 Å². The molecule has 260 valence electrons. The van der Waals surface area contributed by atoms with E-state index < -0.39 is 35.0 Å². The van der Waals surface area contributed by atoms with E-state index >= 15 is 0 Å². The van der Waals surface area contributed by atoms with Crippen LogP contribution in [-0.2, 0) is 20.8 Å². The van der Waals surface area contributed by atoms with Crippen LogP contribution in [0.15, 0.2) is 97.6 Å². The van der Waals surface area contributed by atoms with Gasteiger partial charge in [-0.3, -0.25) is 24.2 Å². The summed E-state index contributed by atoms with van der Waals surface area (Å²) in [5, 5.41) is 31.4. The van der Waals surface area contributed by atoms with E-state index in [1.54, 1.807) is 62.4 Å². The Labute approximate surface area is 296 Å². The van der Waals surface area contributed by atoms with E-state index in [1.165, 1.54) is 53.7 Å². The van der Waals surface area contributed by atoms with Crippen molar-refractivity contribution in [1.82, 2.24) is 30.5 Å². The molecule has 5 aromatic rings. The number of carboxylic acid groups (broad SMARTS) is 1. The number of nitrogens with one attached hydrogen (secondary N) is 4. The number of tetrazole rings is 1. The lowest BCUT2D eigenvalue weighted by molar-refractivity contribution is -0.136. The number of aromatic carboxylic acids is 1. The smallest absolute Gasteiger partial charge is 0.335 e. The lowest BCUT2D eigenvalue weighted by Gasteiger charge is -2.34. The highest BCUT2D eigenvalue weighted by Gasteiger charge is 2.36. The van der Waals surface area contributed by atoms with Gasteiger partial charge >= 0.3 is 17.8 Å². The van der Waals surface area contributed by atoms with Crippen molar-refractivity contribution >= 4 is 58.3 Å². The number of halogens is 1. The van der Waals surface area contributed by atoms with Gasteiger partial charge in [0.05, 0.1) is 16.9 Å². The minimum atomic E-state index is -1.10. The van der Waals surface area contributed by atoms with Crippen LogP contribution < -0.4 is 21.3 Å². The molecule has 16 heteroatoms. The Hall–Kier alpha value is -6.48. The first-order chi connectivity index (χ1) is 24.4. The monoisotopic (exact) mass is 709 g/mol. The summed E-state index contributed by atoms with van der Waals surface area (Å²) in [6, 6.07) is 20.5. The fourth-order valence-electron chi connectivity index (χ4n) is 5.09. The average molecular weight is 710 g/mol. The number of rotatable bonds is 12. The van der Waals surface area contributed by atoms with E-state index in [0.717, 1.165) is 5.56 Å². The predicted octanol–water partition coefficient (Wildman–Crippen LogP) is 4.24. The topological polar surface area (TPSA) is 210 Å². The third-order valence-corrected chi connectivity index (χ3v) is 8.20. The molecule has 51 heavy (non-hydrogen) atoms. The van der Waals surface area contributed by atoms with Crippen LogP contribution in [0, 0.1) is 11.3 Å². The highest BCUT2D eigenvalue weighted by atomic mass is 35.5. The molecule has 1 atom stereocenters. The molecule has 5 rings (SSSR count). The molecule has 15 nitrogen and oxygen atoms in total. The molecule has 0 saturated carbocycles. The molecule has 0 fully saturated rings. The highest BCUT2D eigenvalue weighted by Crippen LogP contribution is 2.32. The summed E-state index contributed by atoms with van der Waals surface area (Å²) in [5.41, 5.74) is 1.83. The van der Waals surface area contributed by atoms with Gasteiger partial charge in [-0.1, -0.05) is 37.6 Å². The van der Waals surface area contributed by atoms with Crippen molar-refractivity contribution in [2.75, 3.05) is 22.5 Å². The molecule has 0 unspecified atom stereocenters. The lowest BCUT2D eigenvalue weighted by Crippen LogP contribution is -2.46. The third-order valence-electron chi connectivity index (χ3n) is 7.97. The van der Waals surface area contributed by atoms with Gasteiger partial charge in [-0.05, 0) is 94.6 Å². The maximum atomic E-state index is 13.8. The Morgan fingerprint density at radius 2 is 1.49 bits per heavy atom. The number of carbonyl (C=O) groups excluding carboxylic acids is 4. The SMILES string of the molecule is CC(C)(CNC(=O)C(=O)Nc1cc(Cl)ccc1-n1cnnn1)[C@H](Cc1ccc(NC(=O)c2ccncc2)cc1)C(=O)Nc1ccc(C(=O)O)cc1. The van der Waals surface area contributed by atoms with Gasteiger partial charge in [0.25, 0.3) is 5.91 Å². The fourth-order valence-corrected chi connectivity index (χ4v) is 5.26. The van der Waals surface area contributed by atoms with Crippen LogP contribution >= 0.6 is 11.6 Å². The van der Waals surface area contributed by atoms with Crippen molar-refractivity contribution in [3.63, 3.8) is 0 Å². The molecule has 2 aromatic heterocycles. The van der Waals surface area contributed by atoms with Gasteiger partial charge in [-0.25, -0.2) is 4.79 Å². The van der Waals surface area contributed by atoms with Crippen LogP contribution in [0.2, 0.25) is 5.02 Å². The molecular formula is C35H32ClN9O6. The molecule has 4 amide bonds. The quantitative estimate of drug-likeness (QED) is 0.116. The van der Waals surface area contributed by atoms with E-state index in [1.807, 2.05) is 0 Å². The highest BCUT2D eigenvalue weighted by molar-refractivity contribution is 6.40. The molecule has 2 heterocycles. The zero-order valence-electron chi connectivity index (χ0n) is 27.3. The van der Waals surface area contributed by atoms with E-state index in [-0.39, 0.29) is 30.1 Å². The van der Waals surface area contributed by atoms with Crippen LogP contribution in [0.4, 0.5) is 17.1 Å². The summed E-state index contributed by atoms with van der Waals surface area (Å²) in [4.78, 5) is 67.7. The van der Waals surface area contributed by atoms with E-state index in [4.69, 9.17) is 11.6 Å². The summed E-state index contributed by atoms with van der Waals surface area (Å²) in [5.74, 6) is -4.51. The predicted molar refractivity (Wildman–Crippen MR) is 187 cm³/mol. The fraction of sp³-hybridized carbons (Fsp3) is 0.171. The second-order valence-electron chi connectivity index (χ2n) is 12.1. The molecule has 5 N–H and O–H groups in total. The van der Waals surface area contributed by atoms with Crippen LogP contribution in [0.3, 0.4) is 0 Å².